The van der Waals surface area contributed by atoms with Gasteiger partial charge in [-0.1, -0.05) is 12.8 Å². The number of ether oxygens (including phenoxy) is 1. The van der Waals surface area contributed by atoms with Gasteiger partial charge in [0.25, 0.3) is 0 Å². The Labute approximate surface area is 222 Å². The van der Waals surface area contributed by atoms with Gasteiger partial charge >= 0.3 is 5.97 Å². The van der Waals surface area contributed by atoms with E-state index in [4.69, 9.17) is 14.9 Å². The normalized spacial score (nSPS) is 12.9. The van der Waals surface area contributed by atoms with Crippen molar-refractivity contribution < 1.29 is 18.7 Å². The van der Waals surface area contributed by atoms with E-state index >= 15 is 0 Å². The number of nitrogens with one attached hydrogen (secondary N) is 1. The SMILES string of the molecule is COC(=O)c1c(NC(=O)CCSc2nc(N)c(C#N)c(-c3ccco3)c2C#N)sc2c1CCCCCC2. The summed E-state index contributed by atoms with van der Waals surface area (Å²) in [5.41, 5.74) is 7.97. The molecule has 37 heavy (non-hydrogen) atoms. The molecule has 9 nitrogen and oxygen atoms in total. The van der Waals surface area contributed by atoms with E-state index < -0.39 is 5.97 Å². The van der Waals surface area contributed by atoms with E-state index in [-0.39, 0.29) is 34.8 Å². The number of rotatable bonds is 7. The van der Waals surface area contributed by atoms with E-state index in [9.17, 15) is 20.1 Å². The highest BCUT2D eigenvalue weighted by atomic mass is 32.2. The van der Waals surface area contributed by atoms with Crippen molar-refractivity contribution in [2.24, 2.45) is 0 Å². The molecule has 0 aromatic carbocycles. The molecule has 1 aliphatic rings. The molecule has 0 saturated carbocycles. The predicted molar refractivity (Wildman–Crippen MR) is 141 cm³/mol. The zero-order chi connectivity index (χ0) is 26.4. The maximum Gasteiger partial charge on any atom is 0.341 e. The lowest BCUT2D eigenvalue weighted by Gasteiger charge is -2.11. The Morgan fingerprint density at radius 1 is 1.22 bits per heavy atom. The van der Waals surface area contributed by atoms with Crippen molar-refractivity contribution in [3.05, 3.63) is 45.5 Å². The molecule has 0 spiro atoms. The first-order valence-corrected chi connectivity index (χ1v) is 13.6. The molecular weight excluding hydrogens is 510 g/mol. The highest BCUT2D eigenvalue weighted by Crippen LogP contribution is 2.38. The van der Waals surface area contributed by atoms with Gasteiger partial charge in [-0.15, -0.1) is 23.1 Å². The second-order valence-corrected chi connectivity index (χ2v) is 10.6. The molecule has 3 heterocycles. The van der Waals surface area contributed by atoms with Crippen LogP contribution in [0.2, 0.25) is 0 Å². The summed E-state index contributed by atoms with van der Waals surface area (Å²) in [6, 6.07) is 7.38. The number of nitrogens with zero attached hydrogens (tertiary/aromatic N) is 3. The number of carbonyl (C=O) groups excluding carboxylic acids is 2. The maximum absolute atomic E-state index is 12.9. The number of aryl methyl sites for hydroxylation is 1. The number of nitrogen functional groups attached to an aromatic ring is 1. The van der Waals surface area contributed by atoms with Gasteiger partial charge < -0.3 is 20.2 Å². The minimum absolute atomic E-state index is 0.0152. The second-order valence-electron chi connectivity index (χ2n) is 8.39. The predicted octanol–water partition coefficient (Wildman–Crippen LogP) is 5.30. The Bertz CT molecular complexity index is 1400. The van der Waals surface area contributed by atoms with Crippen LogP contribution in [0.15, 0.2) is 27.8 Å². The van der Waals surface area contributed by atoms with Crippen molar-refractivity contribution in [2.45, 2.75) is 50.0 Å². The van der Waals surface area contributed by atoms with Crippen LogP contribution >= 0.6 is 23.1 Å². The lowest BCUT2D eigenvalue weighted by Crippen LogP contribution is -2.15. The first-order chi connectivity index (χ1) is 18.0. The number of anilines is 2. The molecule has 11 heteroatoms. The fourth-order valence-electron chi connectivity index (χ4n) is 4.32. The van der Waals surface area contributed by atoms with Gasteiger partial charge in [-0.25, -0.2) is 9.78 Å². The van der Waals surface area contributed by atoms with Gasteiger partial charge in [-0.05, 0) is 43.4 Å². The molecule has 3 aromatic heterocycles. The number of thiophene rings is 1. The maximum atomic E-state index is 12.9. The van der Waals surface area contributed by atoms with Gasteiger partial charge in [0.15, 0.2) is 0 Å². The molecule has 0 bridgehead atoms. The summed E-state index contributed by atoms with van der Waals surface area (Å²) in [4.78, 5) is 30.8. The van der Waals surface area contributed by atoms with Gasteiger partial charge in [0.1, 0.15) is 39.3 Å². The summed E-state index contributed by atoms with van der Waals surface area (Å²) >= 11 is 2.64. The van der Waals surface area contributed by atoms with Crippen molar-refractivity contribution in [3.8, 4) is 23.5 Å². The number of furan rings is 1. The first-order valence-electron chi connectivity index (χ1n) is 11.8. The number of nitrogens with two attached hydrogens (primary N) is 1. The number of nitriles is 2. The van der Waals surface area contributed by atoms with E-state index in [1.807, 2.05) is 6.07 Å². The van der Waals surface area contributed by atoms with Crippen LogP contribution in [-0.4, -0.2) is 29.7 Å². The lowest BCUT2D eigenvalue weighted by molar-refractivity contribution is -0.115. The lowest BCUT2D eigenvalue weighted by atomic mass is 9.96. The molecule has 0 saturated heterocycles. The van der Waals surface area contributed by atoms with E-state index in [1.165, 1.54) is 36.5 Å². The van der Waals surface area contributed by atoms with Gasteiger partial charge in [0, 0.05) is 17.1 Å². The van der Waals surface area contributed by atoms with Crippen molar-refractivity contribution in [1.29, 1.82) is 10.5 Å². The molecule has 1 aliphatic carbocycles. The number of esters is 1. The van der Waals surface area contributed by atoms with Crippen LogP contribution in [0.25, 0.3) is 11.3 Å². The Morgan fingerprint density at radius 2 is 1.97 bits per heavy atom. The quantitative estimate of drug-likeness (QED) is 0.303. The molecule has 1 amide bonds. The number of hydrogen-bond donors (Lipinski definition) is 2. The summed E-state index contributed by atoms with van der Waals surface area (Å²) < 4.78 is 10.4. The Kier molecular flexibility index (Phi) is 8.49. The third-order valence-electron chi connectivity index (χ3n) is 6.06. The summed E-state index contributed by atoms with van der Waals surface area (Å²) in [5.74, 6) is -0.0823. The molecule has 3 aromatic rings. The average molecular weight is 536 g/mol. The van der Waals surface area contributed by atoms with Crippen LogP contribution in [0.3, 0.4) is 0 Å². The molecule has 3 N–H and O–H groups in total. The average Bonchev–Trinajstić information content (AvgIpc) is 3.51. The van der Waals surface area contributed by atoms with E-state index in [1.54, 1.807) is 12.1 Å². The van der Waals surface area contributed by atoms with Crippen LogP contribution in [0.5, 0.6) is 0 Å². The van der Waals surface area contributed by atoms with E-state index in [0.717, 1.165) is 49.0 Å². The Balaban J connectivity index is 1.51. The fraction of sp³-hybridized carbons (Fsp3) is 0.346. The number of carbonyl (C=O) groups is 2. The summed E-state index contributed by atoms with van der Waals surface area (Å²) in [7, 11) is 1.34. The van der Waals surface area contributed by atoms with Gasteiger partial charge in [0.05, 0.1) is 30.1 Å². The largest absolute Gasteiger partial charge is 0.465 e. The molecule has 0 radical (unpaired) electrons. The number of aromatic nitrogens is 1. The smallest absolute Gasteiger partial charge is 0.341 e. The Morgan fingerprint density at radius 3 is 2.65 bits per heavy atom. The minimum Gasteiger partial charge on any atom is -0.465 e. The third-order valence-corrected chi connectivity index (χ3v) is 8.25. The molecule has 190 valence electrons. The number of hydrogen-bond acceptors (Lipinski definition) is 10. The minimum atomic E-state index is -0.441. The number of amides is 1. The second kappa shape index (κ2) is 12.0. The highest BCUT2D eigenvalue weighted by Gasteiger charge is 2.26. The molecule has 4 rings (SSSR count). The molecular formula is C26H25N5O4S2. The van der Waals surface area contributed by atoms with Crippen LogP contribution < -0.4 is 11.1 Å². The first kappa shape index (κ1) is 26.3. The topological polar surface area (TPSA) is 155 Å². The zero-order valence-electron chi connectivity index (χ0n) is 20.3. The van der Waals surface area contributed by atoms with Crippen LogP contribution in [-0.2, 0) is 22.4 Å². The summed E-state index contributed by atoms with van der Waals surface area (Å²) in [5, 5.41) is 23.1. The van der Waals surface area contributed by atoms with Crippen molar-refractivity contribution in [2.75, 3.05) is 23.9 Å². The van der Waals surface area contributed by atoms with Gasteiger partial charge in [-0.3, -0.25) is 4.79 Å². The van der Waals surface area contributed by atoms with Crippen molar-refractivity contribution in [3.63, 3.8) is 0 Å². The standard InChI is InChI=1S/C26H25N5O4S2/c1-34-26(33)22-15-7-4-2-3-5-9-19(15)37-25(22)30-20(32)10-12-36-24-17(14-28)21(18-8-6-11-35-18)16(13-27)23(29)31-24/h6,8,11H,2-5,7,9-10,12H2,1H3,(H2,29,31)(H,30,32). The number of methoxy groups -OCH3 is 1. The zero-order valence-corrected chi connectivity index (χ0v) is 21.9. The van der Waals surface area contributed by atoms with Crippen molar-refractivity contribution >= 4 is 45.8 Å². The molecule has 0 atom stereocenters. The monoisotopic (exact) mass is 535 g/mol. The van der Waals surface area contributed by atoms with Crippen LogP contribution in [0.1, 0.15) is 64.0 Å². The molecule has 0 fully saturated rings. The Hall–Kier alpha value is -3.80. The third kappa shape index (κ3) is 5.63. The van der Waals surface area contributed by atoms with Gasteiger partial charge in [-0.2, -0.15) is 10.5 Å². The van der Waals surface area contributed by atoms with E-state index in [0.29, 0.717) is 27.1 Å². The van der Waals surface area contributed by atoms with E-state index in [2.05, 4.69) is 16.4 Å². The number of pyridine rings is 1. The fourth-order valence-corrected chi connectivity index (χ4v) is 6.55. The van der Waals surface area contributed by atoms with Gasteiger partial charge in [0.2, 0.25) is 5.91 Å². The van der Waals surface area contributed by atoms with Crippen LogP contribution in [0.4, 0.5) is 10.8 Å². The summed E-state index contributed by atoms with van der Waals surface area (Å²) in [6.45, 7) is 0. The number of thioether (sulfide) groups is 1. The summed E-state index contributed by atoms with van der Waals surface area (Å²) in [6.07, 6.45) is 7.56. The van der Waals surface area contributed by atoms with Crippen molar-refractivity contribution in [1.82, 2.24) is 4.98 Å². The molecule has 0 unspecified atom stereocenters. The highest BCUT2D eigenvalue weighted by molar-refractivity contribution is 7.99. The molecule has 0 aliphatic heterocycles. The number of fused-ring (bicyclic) bond motifs is 1. The van der Waals surface area contributed by atoms with Crippen LogP contribution in [0, 0.1) is 22.7 Å².